The molecule has 0 amide bonds. The van der Waals surface area contributed by atoms with E-state index in [-0.39, 0.29) is 12.7 Å². The zero-order valence-corrected chi connectivity index (χ0v) is 18.7. The Labute approximate surface area is 174 Å². The first-order chi connectivity index (χ1) is 13.8. The lowest BCUT2D eigenvalue weighted by Gasteiger charge is -2.15. The van der Waals surface area contributed by atoms with Crippen molar-refractivity contribution in [2.45, 2.75) is 122 Å². The fourth-order valence-corrected chi connectivity index (χ4v) is 3.35. The number of rotatable bonds is 24. The SMILES string of the molecule is CCCCCCCCCCCCCCCCOC[C@H](CO)OCCCCC=O. The quantitative estimate of drug-likeness (QED) is 0.154. The Kier molecular flexibility index (Phi) is 24.2. The lowest BCUT2D eigenvalue weighted by atomic mass is 10.0. The largest absolute Gasteiger partial charge is 0.394 e. The van der Waals surface area contributed by atoms with Crippen molar-refractivity contribution in [3.63, 3.8) is 0 Å². The van der Waals surface area contributed by atoms with E-state index >= 15 is 0 Å². The van der Waals surface area contributed by atoms with E-state index in [2.05, 4.69) is 6.92 Å². The molecule has 0 unspecified atom stereocenters. The van der Waals surface area contributed by atoms with Crippen LogP contribution in [0.1, 0.15) is 116 Å². The maximum atomic E-state index is 10.2. The van der Waals surface area contributed by atoms with E-state index in [1.54, 1.807) is 0 Å². The highest BCUT2D eigenvalue weighted by atomic mass is 16.5. The van der Waals surface area contributed by atoms with Crippen LogP contribution in [0.4, 0.5) is 0 Å². The molecule has 0 radical (unpaired) electrons. The third-order valence-corrected chi connectivity index (χ3v) is 5.22. The summed E-state index contributed by atoms with van der Waals surface area (Å²) in [5.74, 6) is 0. The van der Waals surface area contributed by atoms with Crippen LogP contribution in [-0.2, 0) is 14.3 Å². The van der Waals surface area contributed by atoms with Gasteiger partial charge in [-0.15, -0.1) is 0 Å². The molecule has 0 spiro atoms. The molecule has 0 aliphatic carbocycles. The molecule has 0 saturated heterocycles. The Morgan fingerprint density at radius 3 is 1.71 bits per heavy atom. The molecule has 1 atom stereocenters. The molecular formula is C24H48O4. The Bertz CT molecular complexity index is 296. The Morgan fingerprint density at radius 1 is 0.714 bits per heavy atom. The van der Waals surface area contributed by atoms with Gasteiger partial charge in [0.2, 0.25) is 0 Å². The maximum Gasteiger partial charge on any atom is 0.119 e. The summed E-state index contributed by atoms with van der Waals surface area (Å²) < 4.78 is 11.2. The molecule has 0 aromatic carbocycles. The van der Waals surface area contributed by atoms with Crippen molar-refractivity contribution in [2.75, 3.05) is 26.4 Å². The molecule has 1 N–H and O–H groups in total. The molecule has 168 valence electrons. The summed E-state index contributed by atoms with van der Waals surface area (Å²) in [5, 5.41) is 9.29. The zero-order chi connectivity index (χ0) is 20.5. The van der Waals surface area contributed by atoms with Gasteiger partial charge in [-0.25, -0.2) is 0 Å². The van der Waals surface area contributed by atoms with Crippen LogP contribution in [0.3, 0.4) is 0 Å². The van der Waals surface area contributed by atoms with Crippen LogP contribution in [0.15, 0.2) is 0 Å². The van der Waals surface area contributed by atoms with Gasteiger partial charge in [0.25, 0.3) is 0 Å². The van der Waals surface area contributed by atoms with E-state index < -0.39 is 0 Å². The molecule has 0 bridgehead atoms. The average Bonchev–Trinajstić information content (AvgIpc) is 2.71. The highest BCUT2D eigenvalue weighted by Crippen LogP contribution is 2.13. The summed E-state index contributed by atoms with van der Waals surface area (Å²) in [5.41, 5.74) is 0. The highest BCUT2D eigenvalue weighted by molar-refractivity contribution is 5.48. The van der Waals surface area contributed by atoms with Gasteiger partial charge in [0, 0.05) is 19.6 Å². The molecule has 0 saturated carbocycles. The van der Waals surface area contributed by atoms with E-state index in [1.165, 1.54) is 83.5 Å². The molecule has 0 fully saturated rings. The van der Waals surface area contributed by atoms with Crippen molar-refractivity contribution in [3.8, 4) is 0 Å². The summed E-state index contributed by atoms with van der Waals surface area (Å²) in [6.45, 7) is 4.07. The Hall–Kier alpha value is -0.450. The number of aldehydes is 1. The second-order valence-electron chi connectivity index (χ2n) is 8.01. The Morgan fingerprint density at radius 2 is 1.21 bits per heavy atom. The Balaban J connectivity index is 3.20. The minimum Gasteiger partial charge on any atom is -0.394 e. The maximum absolute atomic E-state index is 10.2. The number of ether oxygens (including phenoxy) is 2. The van der Waals surface area contributed by atoms with Crippen LogP contribution in [0.5, 0.6) is 0 Å². The van der Waals surface area contributed by atoms with Gasteiger partial charge >= 0.3 is 0 Å². The normalized spacial score (nSPS) is 12.4. The van der Waals surface area contributed by atoms with E-state index in [1.807, 2.05) is 0 Å². The number of carbonyl (C=O) groups excluding carboxylic acids is 1. The molecule has 0 heterocycles. The molecule has 0 aromatic rings. The summed E-state index contributed by atoms with van der Waals surface area (Å²) in [7, 11) is 0. The summed E-state index contributed by atoms with van der Waals surface area (Å²) in [6, 6.07) is 0. The topological polar surface area (TPSA) is 55.8 Å². The molecule has 4 nitrogen and oxygen atoms in total. The van der Waals surface area contributed by atoms with Crippen molar-refractivity contribution >= 4 is 6.29 Å². The summed E-state index contributed by atoms with van der Waals surface area (Å²) in [6.07, 6.45) is 22.0. The molecular weight excluding hydrogens is 352 g/mol. The number of hydrogen-bond acceptors (Lipinski definition) is 4. The monoisotopic (exact) mass is 400 g/mol. The average molecular weight is 401 g/mol. The van der Waals surface area contributed by atoms with Gasteiger partial charge in [-0.3, -0.25) is 0 Å². The van der Waals surface area contributed by atoms with Crippen LogP contribution in [-0.4, -0.2) is 43.9 Å². The molecule has 0 aromatic heterocycles. The van der Waals surface area contributed by atoms with Crippen molar-refractivity contribution in [2.24, 2.45) is 0 Å². The molecule has 0 aliphatic heterocycles. The third kappa shape index (κ3) is 21.8. The van der Waals surface area contributed by atoms with Gasteiger partial charge in [-0.2, -0.15) is 0 Å². The molecule has 4 heteroatoms. The van der Waals surface area contributed by atoms with E-state index in [9.17, 15) is 9.90 Å². The first kappa shape index (κ1) is 27.5. The van der Waals surface area contributed by atoms with Crippen LogP contribution < -0.4 is 0 Å². The van der Waals surface area contributed by atoms with Crippen molar-refractivity contribution in [1.29, 1.82) is 0 Å². The second-order valence-corrected chi connectivity index (χ2v) is 8.01. The van der Waals surface area contributed by atoms with Gasteiger partial charge < -0.3 is 19.4 Å². The van der Waals surface area contributed by atoms with Gasteiger partial charge in [-0.1, -0.05) is 90.4 Å². The number of hydrogen-bond donors (Lipinski definition) is 1. The molecule has 0 aliphatic rings. The minimum atomic E-state index is -0.233. The summed E-state index contributed by atoms with van der Waals surface area (Å²) >= 11 is 0. The van der Waals surface area contributed by atoms with Gasteiger partial charge in [-0.05, 0) is 19.3 Å². The van der Waals surface area contributed by atoms with Crippen LogP contribution in [0.2, 0.25) is 0 Å². The van der Waals surface area contributed by atoms with Crippen LogP contribution in [0.25, 0.3) is 0 Å². The first-order valence-electron chi connectivity index (χ1n) is 12.1. The van der Waals surface area contributed by atoms with Crippen molar-refractivity contribution < 1.29 is 19.4 Å². The lowest BCUT2D eigenvalue weighted by molar-refractivity contribution is -0.108. The first-order valence-corrected chi connectivity index (χ1v) is 12.1. The number of aliphatic hydroxyl groups excluding tert-OH is 1. The van der Waals surface area contributed by atoms with Crippen LogP contribution in [0, 0.1) is 0 Å². The van der Waals surface area contributed by atoms with Crippen molar-refractivity contribution in [3.05, 3.63) is 0 Å². The number of aliphatic hydroxyl groups is 1. The number of unbranched alkanes of at least 4 members (excludes halogenated alkanes) is 15. The highest BCUT2D eigenvalue weighted by Gasteiger charge is 2.07. The van der Waals surface area contributed by atoms with E-state index in [4.69, 9.17) is 9.47 Å². The predicted octanol–water partition coefficient (Wildman–Crippen LogP) is 6.23. The third-order valence-electron chi connectivity index (χ3n) is 5.22. The van der Waals surface area contributed by atoms with Crippen LogP contribution >= 0.6 is 0 Å². The second kappa shape index (κ2) is 24.6. The van der Waals surface area contributed by atoms with E-state index in [0.717, 1.165) is 32.2 Å². The fourth-order valence-electron chi connectivity index (χ4n) is 3.35. The molecule has 28 heavy (non-hydrogen) atoms. The minimum absolute atomic E-state index is 0.00752. The smallest absolute Gasteiger partial charge is 0.119 e. The van der Waals surface area contributed by atoms with Gasteiger partial charge in [0.1, 0.15) is 12.4 Å². The zero-order valence-electron chi connectivity index (χ0n) is 18.7. The van der Waals surface area contributed by atoms with Crippen molar-refractivity contribution in [1.82, 2.24) is 0 Å². The van der Waals surface area contributed by atoms with Gasteiger partial charge in [0.15, 0.2) is 0 Å². The predicted molar refractivity (Wildman–Crippen MR) is 118 cm³/mol. The summed E-state index contributed by atoms with van der Waals surface area (Å²) in [4.78, 5) is 10.2. The van der Waals surface area contributed by atoms with Gasteiger partial charge in [0.05, 0.1) is 13.2 Å². The molecule has 0 rings (SSSR count). The lowest BCUT2D eigenvalue weighted by Crippen LogP contribution is -2.24. The fraction of sp³-hybridized carbons (Fsp3) is 0.958. The van der Waals surface area contributed by atoms with E-state index in [0.29, 0.717) is 19.6 Å². The standard InChI is InChI=1S/C24H48O4/c1-2-3-4-5-6-7-8-9-10-11-12-13-14-17-20-27-23-24(22-26)28-21-18-15-16-19-25/h19,24,26H,2-18,20-23H2,1H3/t24-/m0/s1. The number of carbonyl (C=O) groups is 1.